The summed E-state index contributed by atoms with van der Waals surface area (Å²) in [5, 5.41) is 9.95. The molecule has 0 aliphatic rings. The minimum absolute atomic E-state index is 0.184. The van der Waals surface area contributed by atoms with Gasteiger partial charge in [0.2, 0.25) is 0 Å². The summed E-state index contributed by atoms with van der Waals surface area (Å²) in [5.74, 6) is 1.90. The van der Waals surface area contributed by atoms with E-state index in [1.807, 2.05) is 78.9 Å². The third kappa shape index (κ3) is 6.00. The van der Waals surface area contributed by atoms with Crippen LogP contribution < -0.4 is 19.6 Å². The van der Waals surface area contributed by atoms with Gasteiger partial charge in [-0.2, -0.15) is 0 Å². The van der Waals surface area contributed by atoms with Crippen LogP contribution in [-0.4, -0.2) is 11.4 Å². The average molecular weight is 495 g/mol. The van der Waals surface area contributed by atoms with Crippen LogP contribution in [0.15, 0.2) is 112 Å². The maximum Gasteiger partial charge on any atom is 0.194 e. The molecule has 0 saturated carbocycles. The smallest absolute Gasteiger partial charge is 0.194 e. The standard InChI is InChI=1S/C31H26O6/c1-21(32)36-25-13-14-26-27(33)18-29(37-30(26)17-25)24-12-15-28(34-19-22-8-4-2-5-9-22)31(16-24)35-20-23-10-6-3-7-11-23/h2-18,21,32H,19-20H2,1H3. The van der Waals surface area contributed by atoms with Crippen LogP contribution in [-0.2, 0) is 13.2 Å². The van der Waals surface area contributed by atoms with Gasteiger partial charge in [-0.1, -0.05) is 60.7 Å². The SMILES string of the molecule is CC(O)Oc1ccc2c(=O)cc(-c3ccc(OCc4ccccc4)c(OCc4ccccc4)c3)oc2c1. The molecule has 5 rings (SSSR count). The summed E-state index contributed by atoms with van der Waals surface area (Å²) in [4.78, 5) is 12.8. The molecule has 0 spiro atoms. The molecule has 6 nitrogen and oxygen atoms in total. The number of aliphatic hydroxyl groups excluding tert-OH is 1. The fraction of sp³-hybridized carbons (Fsp3) is 0.129. The van der Waals surface area contributed by atoms with Gasteiger partial charge >= 0.3 is 0 Å². The summed E-state index contributed by atoms with van der Waals surface area (Å²) in [7, 11) is 0. The number of hydrogen-bond acceptors (Lipinski definition) is 6. The van der Waals surface area contributed by atoms with Gasteiger partial charge in [-0.15, -0.1) is 0 Å². The molecule has 6 heteroatoms. The van der Waals surface area contributed by atoms with E-state index in [-0.39, 0.29) is 5.43 Å². The molecule has 1 atom stereocenters. The molecule has 0 bridgehead atoms. The maximum absolute atomic E-state index is 12.8. The molecular weight excluding hydrogens is 468 g/mol. The van der Waals surface area contributed by atoms with Crippen molar-refractivity contribution >= 4 is 11.0 Å². The van der Waals surface area contributed by atoms with Crippen LogP contribution in [0.3, 0.4) is 0 Å². The zero-order valence-electron chi connectivity index (χ0n) is 20.3. The van der Waals surface area contributed by atoms with Gasteiger partial charge in [0.1, 0.15) is 30.3 Å². The third-order valence-corrected chi connectivity index (χ3v) is 5.71. The Kier molecular flexibility index (Phi) is 7.19. The van der Waals surface area contributed by atoms with E-state index in [4.69, 9.17) is 18.6 Å². The summed E-state index contributed by atoms with van der Waals surface area (Å²) < 4.78 is 23.7. The molecule has 0 aliphatic carbocycles. The third-order valence-electron chi connectivity index (χ3n) is 5.71. The Morgan fingerprint density at radius 1 is 0.757 bits per heavy atom. The van der Waals surface area contributed by atoms with Crippen molar-refractivity contribution in [3.8, 4) is 28.6 Å². The molecule has 1 N–H and O–H groups in total. The summed E-state index contributed by atoms with van der Waals surface area (Å²) in [6.07, 6.45) is -0.986. The van der Waals surface area contributed by atoms with Crippen molar-refractivity contribution in [1.82, 2.24) is 0 Å². The molecule has 0 amide bonds. The molecule has 5 aromatic rings. The Bertz CT molecular complexity index is 1540. The lowest BCUT2D eigenvalue weighted by atomic mass is 10.1. The number of ether oxygens (including phenoxy) is 3. The second-order valence-corrected chi connectivity index (χ2v) is 8.56. The first kappa shape index (κ1) is 24.2. The first-order valence-electron chi connectivity index (χ1n) is 12.0. The van der Waals surface area contributed by atoms with Gasteiger partial charge in [-0.25, -0.2) is 0 Å². The van der Waals surface area contributed by atoms with Crippen LogP contribution >= 0.6 is 0 Å². The van der Waals surface area contributed by atoms with E-state index in [0.717, 1.165) is 11.1 Å². The summed E-state index contributed by atoms with van der Waals surface area (Å²) in [6, 6.07) is 31.5. The molecule has 0 aliphatic heterocycles. The highest BCUT2D eigenvalue weighted by atomic mass is 16.6. The van der Waals surface area contributed by atoms with Crippen LogP contribution in [0, 0.1) is 0 Å². The molecule has 1 heterocycles. The first-order valence-corrected chi connectivity index (χ1v) is 12.0. The van der Waals surface area contributed by atoms with Crippen LogP contribution in [0.1, 0.15) is 18.1 Å². The van der Waals surface area contributed by atoms with E-state index >= 15 is 0 Å². The number of benzene rings is 4. The molecule has 1 aromatic heterocycles. The first-order chi connectivity index (χ1) is 18.0. The summed E-state index contributed by atoms with van der Waals surface area (Å²) in [5.41, 5.74) is 2.89. The Hall–Kier alpha value is -4.55. The monoisotopic (exact) mass is 494 g/mol. The van der Waals surface area contributed by atoms with Crippen LogP contribution in [0.5, 0.6) is 17.2 Å². The Balaban J connectivity index is 1.48. The van der Waals surface area contributed by atoms with Crippen molar-refractivity contribution in [2.24, 2.45) is 0 Å². The highest BCUT2D eigenvalue weighted by molar-refractivity contribution is 5.80. The summed E-state index contributed by atoms with van der Waals surface area (Å²) in [6.45, 7) is 2.25. The van der Waals surface area contributed by atoms with Crippen LogP contribution in [0.2, 0.25) is 0 Å². The van der Waals surface area contributed by atoms with E-state index in [9.17, 15) is 9.90 Å². The normalized spacial score (nSPS) is 11.7. The predicted molar refractivity (Wildman–Crippen MR) is 142 cm³/mol. The minimum Gasteiger partial charge on any atom is -0.485 e. The van der Waals surface area contributed by atoms with Gasteiger partial charge in [0.05, 0.1) is 5.39 Å². The van der Waals surface area contributed by atoms with Crippen molar-refractivity contribution < 1.29 is 23.7 Å². The molecule has 0 fully saturated rings. The van der Waals surface area contributed by atoms with Gasteiger partial charge in [-0.05, 0) is 48.4 Å². The highest BCUT2D eigenvalue weighted by Crippen LogP contribution is 2.35. The lowest BCUT2D eigenvalue weighted by molar-refractivity contribution is -0.000230. The molecule has 1 unspecified atom stereocenters. The van der Waals surface area contributed by atoms with Crippen LogP contribution in [0.25, 0.3) is 22.3 Å². The number of fused-ring (bicyclic) bond motifs is 1. The zero-order valence-corrected chi connectivity index (χ0v) is 20.3. The lowest BCUT2D eigenvalue weighted by Gasteiger charge is -2.15. The number of rotatable bonds is 9. The van der Waals surface area contributed by atoms with Gasteiger partial charge < -0.3 is 23.7 Å². The van der Waals surface area contributed by atoms with E-state index in [0.29, 0.717) is 52.8 Å². The molecule has 4 aromatic carbocycles. The Labute approximate surface area is 214 Å². The molecule has 186 valence electrons. The van der Waals surface area contributed by atoms with E-state index in [2.05, 4.69) is 0 Å². The number of aliphatic hydroxyl groups is 1. The fourth-order valence-corrected chi connectivity index (χ4v) is 3.91. The zero-order chi connectivity index (χ0) is 25.6. The molecule has 37 heavy (non-hydrogen) atoms. The maximum atomic E-state index is 12.8. The second-order valence-electron chi connectivity index (χ2n) is 8.56. The predicted octanol–water partition coefficient (Wildman–Crippen LogP) is 6.34. The van der Waals surface area contributed by atoms with Gasteiger partial charge in [0, 0.05) is 17.7 Å². The summed E-state index contributed by atoms with van der Waals surface area (Å²) >= 11 is 0. The van der Waals surface area contributed by atoms with Gasteiger partial charge in [-0.3, -0.25) is 4.79 Å². The van der Waals surface area contributed by atoms with E-state index < -0.39 is 6.29 Å². The minimum atomic E-state index is -0.986. The lowest BCUT2D eigenvalue weighted by Crippen LogP contribution is -2.09. The van der Waals surface area contributed by atoms with Crippen molar-refractivity contribution in [2.75, 3.05) is 0 Å². The quantitative estimate of drug-likeness (QED) is 0.241. The van der Waals surface area contributed by atoms with E-state index in [1.165, 1.54) is 13.0 Å². The molecule has 0 radical (unpaired) electrons. The Morgan fingerprint density at radius 3 is 2.05 bits per heavy atom. The second kappa shape index (κ2) is 11.0. The van der Waals surface area contributed by atoms with Gasteiger partial charge in [0.25, 0.3) is 0 Å². The van der Waals surface area contributed by atoms with Crippen LogP contribution in [0.4, 0.5) is 0 Å². The van der Waals surface area contributed by atoms with Crippen molar-refractivity contribution in [2.45, 2.75) is 26.4 Å². The molecule has 0 saturated heterocycles. The topological polar surface area (TPSA) is 78.1 Å². The molecular formula is C31H26O6. The van der Waals surface area contributed by atoms with E-state index in [1.54, 1.807) is 18.2 Å². The Morgan fingerprint density at radius 2 is 1.41 bits per heavy atom. The van der Waals surface area contributed by atoms with Gasteiger partial charge in [0.15, 0.2) is 23.2 Å². The van der Waals surface area contributed by atoms with Crippen molar-refractivity contribution in [1.29, 1.82) is 0 Å². The van der Waals surface area contributed by atoms with Crippen molar-refractivity contribution in [3.05, 3.63) is 124 Å². The largest absolute Gasteiger partial charge is 0.485 e. The van der Waals surface area contributed by atoms with Crippen molar-refractivity contribution in [3.63, 3.8) is 0 Å². The number of hydrogen-bond donors (Lipinski definition) is 1. The fourth-order valence-electron chi connectivity index (χ4n) is 3.91. The average Bonchev–Trinajstić information content (AvgIpc) is 2.91. The highest BCUT2D eigenvalue weighted by Gasteiger charge is 2.13.